The van der Waals surface area contributed by atoms with E-state index in [2.05, 4.69) is 5.32 Å². The third kappa shape index (κ3) is 2.30. The molecule has 1 rings (SSSR count). The number of aliphatic hydroxyl groups is 3. The zero-order valence-corrected chi connectivity index (χ0v) is 9.14. The van der Waals surface area contributed by atoms with E-state index >= 15 is 0 Å². The summed E-state index contributed by atoms with van der Waals surface area (Å²) in [6.07, 6.45) is -4.73. The Hall–Kier alpha value is -0.250. The van der Waals surface area contributed by atoms with Gasteiger partial charge in [0.2, 0.25) is 0 Å². The molecular weight excluding hydrogens is 226 g/mol. The van der Waals surface area contributed by atoms with Gasteiger partial charge in [-0.15, -0.1) is 0 Å². The first-order valence-corrected chi connectivity index (χ1v) is 5.86. The fourth-order valence-electron chi connectivity index (χ4n) is 1.58. The Morgan fingerprint density at radius 3 is 2.00 bits per heavy atom. The third-order valence-corrected chi connectivity index (χ3v) is 3.60. The average molecular weight is 241 g/mol. The van der Waals surface area contributed by atoms with Crippen LogP contribution in [-0.2, 0) is 10.1 Å². The fraction of sp³-hybridized carbons (Fsp3) is 1.00. The van der Waals surface area contributed by atoms with Gasteiger partial charge in [-0.25, -0.2) is 0 Å². The Bertz CT molecular complexity index is 339. The summed E-state index contributed by atoms with van der Waals surface area (Å²) in [5, 5.41) is 28.9. The van der Waals surface area contributed by atoms with Crippen LogP contribution in [0.4, 0.5) is 0 Å². The van der Waals surface area contributed by atoms with Crippen LogP contribution in [0.15, 0.2) is 0 Å². The van der Waals surface area contributed by atoms with Gasteiger partial charge in [0, 0.05) is 5.54 Å². The van der Waals surface area contributed by atoms with Gasteiger partial charge in [-0.2, -0.15) is 8.42 Å². The van der Waals surface area contributed by atoms with Crippen LogP contribution in [0.25, 0.3) is 0 Å². The van der Waals surface area contributed by atoms with Crippen LogP contribution in [0.1, 0.15) is 13.8 Å². The number of hydrogen-bond donors (Lipinski definition) is 5. The van der Waals surface area contributed by atoms with Crippen molar-refractivity contribution in [1.82, 2.24) is 5.32 Å². The molecule has 1 aliphatic rings. The van der Waals surface area contributed by atoms with Gasteiger partial charge in [-0.05, 0) is 13.8 Å². The lowest BCUT2D eigenvalue weighted by Crippen LogP contribution is -2.71. The smallest absolute Gasteiger partial charge is 0.283 e. The maximum Gasteiger partial charge on any atom is 0.283 e. The molecule has 0 bridgehead atoms. The van der Waals surface area contributed by atoms with Crippen molar-refractivity contribution in [2.75, 3.05) is 0 Å². The molecule has 0 aliphatic carbocycles. The first-order chi connectivity index (χ1) is 6.57. The van der Waals surface area contributed by atoms with Crippen molar-refractivity contribution in [3.05, 3.63) is 0 Å². The van der Waals surface area contributed by atoms with E-state index < -0.39 is 39.3 Å². The second-order valence-electron chi connectivity index (χ2n) is 4.23. The molecule has 90 valence electrons. The molecule has 1 saturated heterocycles. The van der Waals surface area contributed by atoms with E-state index in [1.807, 2.05) is 0 Å². The normalized spacial score (nSPS) is 41.5. The Balaban J connectivity index is 3.05. The van der Waals surface area contributed by atoms with Crippen molar-refractivity contribution in [2.24, 2.45) is 0 Å². The van der Waals surface area contributed by atoms with Gasteiger partial charge < -0.3 is 15.3 Å². The van der Waals surface area contributed by atoms with Crippen LogP contribution in [-0.4, -0.2) is 57.5 Å². The van der Waals surface area contributed by atoms with Crippen LogP contribution >= 0.6 is 0 Å². The van der Waals surface area contributed by atoms with Gasteiger partial charge in [-0.1, -0.05) is 0 Å². The predicted octanol–water partition coefficient (Wildman–Crippen LogP) is -2.34. The lowest BCUT2D eigenvalue weighted by molar-refractivity contribution is -0.122. The maximum absolute atomic E-state index is 10.9. The number of rotatable bonds is 1. The highest BCUT2D eigenvalue weighted by Crippen LogP contribution is 2.25. The highest BCUT2D eigenvalue weighted by Gasteiger charge is 2.50. The molecule has 4 atom stereocenters. The predicted molar refractivity (Wildman–Crippen MR) is 50.6 cm³/mol. The number of nitrogens with one attached hydrogen (secondary N) is 1. The molecule has 1 fully saturated rings. The Morgan fingerprint density at radius 2 is 1.60 bits per heavy atom. The third-order valence-electron chi connectivity index (χ3n) is 2.56. The van der Waals surface area contributed by atoms with E-state index in [1.165, 1.54) is 13.8 Å². The molecule has 7 nitrogen and oxygen atoms in total. The van der Waals surface area contributed by atoms with Crippen molar-refractivity contribution in [2.45, 2.75) is 43.1 Å². The summed E-state index contributed by atoms with van der Waals surface area (Å²) in [6, 6.07) is 0. The zero-order valence-electron chi connectivity index (χ0n) is 8.32. The monoisotopic (exact) mass is 241 g/mol. The molecule has 0 spiro atoms. The van der Waals surface area contributed by atoms with Crippen LogP contribution < -0.4 is 5.32 Å². The highest BCUT2D eigenvalue weighted by molar-refractivity contribution is 7.86. The quantitative estimate of drug-likeness (QED) is 0.326. The Labute approximate surface area is 87.5 Å². The number of piperidine rings is 1. The van der Waals surface area contributed by atoms with E-state index in [4.69, 9.17) is 4.55 Å². The van der Waals surface area contributed by atoms with E-state index in [9.17, 15) is 23.7 Å². The topological polar surface area (TPSA) is 127 Å². The minimum Gasteiger partial charge on any atom is -0.388 e. The summed E-state index contributed by atoms with van der Waals surface area (Å²) in [7, 11) is -4.53. The minimum absolute atomic E-state index is 1.13. The summed E-state index contributed by atoms with van der Waals surface area (Å²) < 4.78 is 30.6. The summed E-state index contributed by atoms with van der Waals surface area (Å²) >= 11 is 0. The van der Waals surface area contributed by atoms with Gasteiger partial charge in [0.1, 0.15) is 18.3 Å². The summed E-state index contributed by atoms with van der Waals surface area (Å²) in [5.74, 6) is 0. The lowest BCUT2D eigenvalue weighted by Gasteiger charge is -2.45. The molecule has 15 heavy (non-hydrogen) atoms. The van der Waals surface area contributed by atoms with Crippen LogP contribution in [0.2, 0.25) is 0 Å². The molecular formula is C7H15NO6S. The number of hydrogen-bond acceptors (Lipinski definition) is 6. The maximum atomic E-state index is 10.9. The SMILES string of the molecule is CC1(C)NC(S(=O)(=O)O)C(O)C(O)C1O. The summed E-state index contributed by atoms with van der Waals surface area (Å²) in [5.41, 5.74) is -1.13. The molecule has 4 unspecified atom stereocenters. The van der Waals surface area contributed by atoms with Crippen molar-refractivity contribution >= 4 is 10.1 Å². The molecule has 0 saturated carbocycles. The molecule has 0 radical (unpaired) electrons. The van der Waals surface area contributed by atoms with Gasteiger partial charge in [0.05, 0.1) is 0 Å². The second-order valence-corrected chi connectivity index (χ2v) is 5.77. The molecule has 0 aromatic rings. The van der Waals surface area contributed by atoms with Gasteiger partial charge in [-0.3, -0.25) is 9.87 Å². The largest absolute Gasteiger partial charge is 0.388 e. The van der Waals surface area contributed by atoms with E-state index in [-0.39, 0.29) is 0 Å². The molecule has 1 aliphatic heterocycles. The van der Waals surface area contributed by atoms with Crippen LogP contribution in [0.3, 0.4) is 0 Å². The fourth-order valence-corrected chi connectivity index (χ4v) is 2.55. The zero-order chi connectivity index (χ0) is 12.0. The first kappa shape index (κ1) is 12.8. The lowest BCUT2D eigenvalue weighted by atomic mass is 9.86. The van der Waals surface area contributed by atoms with Crippen molar-refractivity contribution in [3.8, 4) is 0 Å². The summed E-state index contributed by atoms with van der Waals surface area (Å²) in [6.45, 7) is 2.90. The average Bonchev–Trinajstić information content (AvgIpc) is 2.07. The molecule has 5 N–H and O–H groups in total. The second kappa shape index (κ2) is 3.65. The first-order valence-electron chi connectivity index (χ1n) is 4.35. The van der Waals surface area contributed by atoms with Crippen LogP contribution in [0.5, 0.6) is 0 Å². The molecule has 0 amide bonds. The van der Waals surface area contributed by atoms with E-state index in [0.717, 1.165) is 0 Å². The summed E-state index contributed by atoms with van der Waals surface area (Å²) in [4.78, 5) is 0. The Morgan fingerprint density at radius 1 is 1.13 bits per heavy atom. The van der Waals surface area contributed by atoms with Crippen molar-refractivity contribution < 1.29 is 28.3 Å². The van der Waals surface area contributed by atoms with E-state index in [1.54, 1.807) is 0 Å². The van der Waals surface area contributed by atoms with Crippen LogP contribution in [0, 0.1) is 0 Å². The van der Waals surface area contributed by atoms with Crippen molar-refractivity contribution in [3.63, 3.8) is 0 Å². The highest BCUT2D eigenvalue weighted by atomic mass is 32.2. The van der Waals surface area contributed by atoms with Crippen molar-refractivity contribution in [1.29, 1.82) is 0 Å². The van der Waals surface area contributed by atoms with E-state index in [0.29, 0.717) is 0 Å². The van der Waals surface area contributed by atoms with Gasteiger partial charge >= 0.3 is 0 Å². The molecule has 8 heteroatoms. The number of aliphatic hydroxyl groups excluding tert-OH is 3. The molecule has 1 heterocycles. The molecule has 0 aromatic carbocycles. The Kier molecular flexibility index (Phi) is 3.12. The molecule has 0 aromatic heterocycles. The van der Waals surface area contributed by atoms with Gasteiger partial charge in [0.15, 0.2) is 5.37 Å². The van der Waals surface area contributed by atoms with Gasteiger partial charge in [0.25, 0.3) is 10.1 Å². The minimum atomic E-state index is -4.53. The standard InChI is InChI=1S/C7H15NO6S/c1-7(2)5(11)3(9)4(10)6(8-7)15(12,13)14/h3-6,8-11H,1-2H3,(H,12,13,14).